The molecule has 0 bridgehead atoms. The minimum atomic E-state index is -1.99. The third-order valence-corrected chi connectivity index (χ3v) is 6.37. The molecule has 23 heavy (non-hydrogen) atoms. The van der Waals surface area contributed by atoms with Crippen LogP contribution in [0.3, 0.4) is 0 Å². The van der Waals surface area contributed by atoms with Gasteiger partial charge in [-0.2, -0.15) is 18.2 Å². The third-order valence-electron chi connectivity index (χ3n) is 5.07. The Morgan fingerprint density at radius 2 is 2.00 bits per heavy atom. The summed E-state index contributed by atoms with van der Waals surface area (Å²) in [4.78, 5) is 0. The molecule has 1 aliphatic rings. The van der Waals surface area contributed by atoms with Crippen molar-refractivity contribution >= 4 is 18.5 Å². The molecule has 0 radical (unpaired) electrons. The van der Waals surface area contributed by atoms with E-state index < -0.39 is 7.14 Å². The minimum absolute atomic E-state index is 0. The monoisotopic (exact) mass is 358 g/mol. The molecule has 0 saturated heterocycles. The molecule has 1 atom stereocenters. The van der Waals surface area contributed by atoms with Crippen LogP contribution in [0.5, 0.6) is 0 Å². The molecule has 1 aliphatic heterocycles. The van der Waals surface area contributed by atoms with E-state index in [1.165, 1.54) is 36.2 Å². The van der Waals surface area contributed by atoms with Gasteiger partial charge < -0.3 is 4.57 Å². The fourth-order valence-corrected chi connectivity index (χ4v) is 4.38. The first-order chi connectivity index (χ1) is 10.3. The van der Waals surface area contributed by atoms with Crippen LogP contribution in [-0.2, 0) is 9.98 Å². The van der Waals surface area contributed by atoms with Crippen LogP contribution in [0.25, 0.3) is 0 Å². The number of fused-ring (bicyclic) bond motifs is 1. The van der Waals surface area contributed by atoms with Gasteiger partial charge in [-0.1, -0.05) is 25.8 Å². The maximum Gasteiger partial charge on any atom is 1.00 e. The standard InChI is InChI=1S/C19H30NOP.K/c1-6-7-10-14-20-16(2)19(3,13-15-22(4,5)21)17-11-8-9-12-18(17)20;/h9,11-12H,6-7,10,13-15H2,1-5H3;/q;+1. The summed E-state index contributed by atoms with van der Waals surface area (Å²) in [7, 11) is -1.99. The summed E-state index contributed by atoms with van der Waals surface area (Å²) in [6.07, 6.45) is 5.50. The van der Waals surface area contributed by atoms with E-state index >= 15 is 0 Å². The molecule has 1 heterocycles. The first-order valence-corrected chi connectivity index (χ1v) is 11.2. The van der Waals surface area contributed by atoms with E-state index in [0.29, 0.717) is 0 Å². The van der Waals surface area contributed by atoms with E-state index in [1.807, 2.05) is 19.4 Å². The second-order valence-corrected chi connectivity index (χ2v) is 10.9. The molecule has 0 fully saturated rings. The Bertz CT molecular complexity index is 620. The normalized spacial score (nSPS) is 20.4. The summed E-state index contributed by atoms with van der Waals surface area (Å²) >= 11 is 0. The van der Waals surface area contributed by atoms with Crippen molar-refractivity contribution in [3.8, 4) is 0 Å². The van der Waals surface area contributed by atoms with Crippen molar-refractivity contribution in [3.63, 3.8) is 0 Å². The van der Waals surface area contributed by atoms with Crippen molar-refractivity contribution in [2.45, 2.75) is 51.9 Å². The van der Waals surface area contributed by atoms with E-state index in [-0.39, 0.29) is 56.8 Å². The van der Waals surface area contributed by atoms with Crippen LogP contribution >= 0.6 is 7.14 Å². The summed E-state index contributed by atoms with van der Waals surface area (Å²) in [5.74, 6) is 0. The zero-order valence-electron chi connectivity index (χ0n) is 15.8. The fraction of sp³-hybridized carbons (Fsp3) is 0.632. The van der Waals surface area contributed by atoms with Crippen LogP contribution in [0, 0.1) is 6.07 Å². The predicted molar refractivity (Wildman–Crippen MR) is 96.6 cm³/mol. The molecule has 0 spiro atoms. The Kier molecular flexibility index (Phi) is 8.45. The average molecular weight is 359 g/mol. The van der Waals surface area contributed by atoms with E-state index in [0.717, 1.165) is 19.1 Å². The Labute approximate surface area is 184 Å². The number of benzene rings is 1. The molecule has 0 aliphatic carbocycles. The van der Waals surface area contributed by atoms with Crippen LogP contribution in [0.15, 0.2) is 18.2 Å². The van der Waals surface area contributed by atoms with E-state index in [4.69, 9.17) is 0 Å². The van der Waals surface area contributed by atoms with E-state index in [1.54, 1.807) is 0 Å². The molecule has 1 aromatic carbocycles. The molecule has 2 rings (SSSR count). The van der Waals surface area contributed by atoms with Gasteiger partial charge in [-0.15, -0.1) is 6.07 Å². The van der Waals surface area contributed by atoms with Gasteiger partial charge in [-0.3, -0.25) is 0 Å². The van der Waals surface area contributed by atoms with E-state index in [2.05, 4.69) is 43.5 Å². The molecule has 2 nitrogen and oxygen atoms in total. The second kappa shape index (κ2) is 8.92. The molecular formula is C19H30KNOP+. The maximum absolute atomic E-state index is 12.2. The van der Waals surface area contributed by atoms with Gasteiger partial charge in [0.05, 0.1) is 7.14 Å². The number of hydrogen-bond donors (Lipinski definition) is 0. The van der Waals surface area contributed by atoms with Crippen molar-refractivity contribution in [1.82, 2.24) is 0 Å². The molecule has 4 heteroatoms. The van der Waals surface area contributed by atoms with Gasteiger partial charge in [-0.25, -0.2) is 4.58 Å². The van der Waals surface area contributed by atoms with Crippen molar-refractivity contribution < 1.29 is 60.5 Å². The maximum atomic E-state index is 12.2. The van der Waals surface area contributed by atoms with Gasteiger partial charge in [-0.05, 0) is 26.2 Å². The Hall–Kier alpha value is 0.756. The largest absolute Gasteiger partial charge is 1.00 e. The topological polar surface area (TPSA) is 20.1 Å². The first kappa shape index (κ1) is 21.8. The Morgan fingerprint density at radius 1 is 1.30 bits per heavy atom. The summed E-state index contributed by atoms with van der Waals surface area (Å²) in [5.41, 5.74) is 4.10. The second-order valence-electron chi connectivity index (χ2n) is 7.27. The number of nitrogens with zero attached hydrogens (tertiary/aromatic N) is 1. The quantitative estimate of drug-likeness (QED) is 0.240. The molecule has 122 valence electrons. The van der Waals surface area contributed by atoms with Crippen molar-refractivity contribution in [1.29, 1.82) is 0 Å². The summed E-state index contributed by atoms with van der Waals surface area (Å²) < 4.78 is 14.7. The molecule has 0 aromatic heterocycles. The van der Waals surface area contributed by atoms with Crippen molar-refractivity contribution in [3.05, 3.63) is 29.8 Å². The van der Waals surface area contributed by atoms with Crippen LogP contribution in [0.4, 0.5) is 5.69 Å². The average Bonchev–Trinajstić information content (AvgIpc) is 2.68. The van der Waals surface area contributed by atoms with Gasteiger partial charge >= 0.3 is 51.4 Å². The van der Waals surface area contributed by atoms with E-state index in [9.17, 15) is 4.57 Å². The zero-order chi connectivity index (χ0) is 16.4. The van der Waals surface area contributed by atoms with Gasteiger partial charge in [0, 0.05) is 24.9 Å². The molecular weight excluding hydrogens is 328 g/mol. The van der Waals surface area contributed by atoms with Crippen LogP contribution in [0.1, 0.15) is 52.0 Å². The molecule has 0 N–H and O–H groups in total. The Balaban J connectivity index is 0.00000264. The number of hydrogen-bond acceptors (Lipinski definition) is 1. The van der Waals surface area contributed by atoms with Gasteiger partial charge in [0.15, 0.2) is 5.71 Å². The van der Waals surface area contributed by atoms with Gasteiger partial charge in [0.25, 0.3) is 0 Å². The molecule has 1 unspecified atom stereocenters. The van der Waals surface area contributed by atoms with Crippen LogP contribution in [0.2, 0.25) is 0 Å². The summed E-state index contributed by atoms with van der Waals surface area (Å²) in [6.45, 7) is 11.7. The van der Waals surface area contributed by atoms with Gasteiger partial charge in [0.1, 0.15) is 12.2 Å². The van der Waals surface area contributed by atoms with Gasteiger partial charge in [0.2, 0.25) is 0 Å². The number of unbranched alkanes of at least 4 members (excludes halogenated alkanes) is 2. The first-order valence-electron chi connectivity index (χ1n) is 8.46. The third kappa shape index (κ3) is 5.12. The summed E-state index contributed by atoms with van der Waals surface area (Å²) in [6, 6.07) is 9.58. The predicted octanol–water partition coefficient (Wildman–Crippen LogP) is 2.07. The summed E-state index contributed by atoms with van der Waals surface area (Å²) in [5, 5.41) is 0. The van der Waals surface area contributed by atoms with Crippen molar-refractivity contribution in [2.75, 3.05) is 26.0 Å². The minimum Gasteiger partial charge on any atom is -0.324 e. The van der Waals surface area contributed by atoms with Crippen LogP contribution < -0.4 is 51.4 Å². The molecule has 0 saturated carbocycles. The van der Waals surface area contributed by atoms with Crippen LogP contribution in [-0.4, -0.2) is 36.3 Å². The Morgan fingerprint density at radius 3 is 2.61 bits per heavy atom. The molecule has 1 aromatic rings. The SMILES string of the molecule is CCCCC[N+]1=C(C)C(C)(CCP(C)(C)=O)c2c[c-]ccc21.[K+]. The fourth-order valence-electron chi connectivity index (χ4n) is 3.39. The molecule has 0 amide bonds. The zero-order valence-corrected chi connectivity index (χ0v) is 19.8. The van der Waals surface area contributed by atoms with Crippen molar-refractivity contribution in [2.24, 2.45) is 0 Å². The smallest absolute Gasteiger partial charge is 0.324 e. The number of rotatable bonds is 7.